The van der Waals surface area contributed by atoms with E-state index in [1.165, 1.54) is 54.5 Å². The fourth-order valence-electron chi connectivity index (χ4n) is 3.79. The number of benzene rings is 2. The molecule has 0 saturated heterocycles. The second-order valence-electron chi connectivity index (χ2n) is 7.54. The van der Waals surface area contributed by atoms with Crippen LogP contribution < -0.4 is 10.1 Å². The van der Waals surface area contributed by atoms with Gasteiger partial charge in [-0.25, -0.2) is 0 Å². The lowest BCUT2D eigenvalue weighted by Gasteiger charge is -2.26. The molecule has 3 rings (SSSR count). The number of halogens is 1. The van der Waals surface area contributed by atoms with Crippen LogP contribution in [0.5, 0.6) is 5.75 Å². The van der Waals surface area contributed by atoms with Gasteiger partial charge in [-0.3, -0.25) is 0 Å². The summed E-state index contributed by atoms with van der Waals surface area (Å²) >= 11 is 0. The highest BCUT2D eigenvalue weighted by molar-refractivity contribution is 5.85. The minimum Gasteiger partial charge on any atom is -0.497 e. The average Bonchev–Trinajstić information content (AvgIpc) is 2.67. The van der Waals surface area contributed by atoms with Crippen LogP contribution in [0, 0.1) is 0 Å². The predicted molar refractivity (Wildman–Crippen MR) is 114 cm³/mol. The molecule has 0 unspecified atom stereocenters. The Morgan fingerprint density at radius 2 is 1.69 bits per heavy atom. The summed E-state index contributed by atoms with van der Waals surface area (Å²) in [6.45, 7) is 5.42. The molecule has 0 amide bonds. The van der Waals surface area contributed by atoms with Crippen molar-refractivity contribution in [3.05, 3.63) is 59.2 Å². The zero-order valence-corrected chi connectivity index (χ0v) is 17.1. The van der Waals surface area contributed by atoms with Crippen molar-refractivity contribution >= 4 is 18.1 Å². The van der Waals surface area contributed by atoms with Crippen LogP contribution in [0.3, 0.4) is 0 Å². The topological polar surface area (TPSA) is 21.3 Å². The SMILES string of the molecule is COc1ccc(CNc2ccc(C(C)C)cc2C2CCCCC2)cc1.Cl. The van der Waals surface area contributed by atoms with E-state index in [1.807, 2.05) is 12.1 Å². The molecule has 2 aromatic carbocycles. The third kappa shape index (κ3) is 5.17. The van der Waals surface area contributed by atoms with E-state index >= 15 is 0 Å². The average molecular weight is 374 g/mol. The van der Waals surface area contributed by atoms with Crippen molar-refractivity contribution in [2.24, 2.45) is 0 Å². The van der Waals surface area contributed by atoms with Crippen LogP contribution in [0.15, 0.2) is 42.5 Å². The van der Waals surface area contributed by atoms with Gasteiger partial charge in [0.15, 0.2) is 0 Å². The molecule has 2 nitrogen and oxygen atoms in total. The molecule has 3 heteroatoms. The number of hydrogen-bond donors (Lipinski definition) is 1. The molecule has 142 valence electrons. The summed E-state index contributed by atoms with van der Waals surface area (Å²) in [6.07, 6.45) is 6.80. The number of rotatable bonds is 6. The van der Waals surface area contributed by atoms with Gasteiger partial charge in [0.05, 0.1) is 7.11 Å². The van der Waals surface area contributed by atoms with Gasteiger partial charge < -0.3 is 10.1 Å². The molecular weight excluding hydrogens is 342 g/mol. The quantitative estimate of drug-likeness (QED) is 0.594. The van der Waals surface area contributed by atoms with Crippen LogP contribution >= 0.6 is 12.4 Å². The standard InChI is InChI=1S/C23H31NO.ClH/c1-17(2)20-11-14-23(22(15-20)19-7-5-4-6-8-19)24-16-18-9-12-21(25-3)13-10-18;/h9-15,17,19,24H,4-8,16H2,1-3H3;1H. The summed E-state index contributed by atoms with van der Waals surface area (Å²) in [5.74, 6) is 2.21. The van der Waals surface area contributed by atoms with Crippen molar-refractivity contribution in [2.45, 2.75) is 64.3 Å². The Morgan fingerprint density at radius 1 is 1.00 bits per heavy atom. The summed E-state index contributed by atoms with van der Waals surface area (Å²) < 4.78 is 5.25. The summed E-state index contributed by atoms with van der Waals surface area (Å²) in [5.41, 5.74) is 5.57. The van der Waals surface area contributed by atoms with Gasteiger partial charge in [-0.1, -0.05) is 57.4 Å². The summed E-state index contributed by atoms with van der Waals surface area (Å²) in [7, 11) is 1.71. The van der Waals surface area contributed by atoms with E-state index in [-0.39, 0.29) is 12.4 Å². The lowest BCUT2D eigenvalue weighted by atomic mass is 9.82. The molecule has 0 spiro atoms. The first kappa shape index (κ1) is 20.6. The van der Waals surface area contributed by atoms with E-state index < -0.39 is 0 Å². The molecular formula is C23H32ClNO. The van der Waals surface area contributed by atoms with E-state index in [2.05, 4.69) is 49.5 Å². The van der Waals surface area contributed by atoms with Gasteiger partial charge in [0.1, 0.15) is 5.75 Å². The van der Waals surface area contributed by atoms with Gasteiger partial charge in [0, 0.05) is 12.2 Å². The molecule has 0 radical (unpaired) electrons. The summed E-state index contributed by atoms with van der Waals surface area (Å²) in [6, 6.07) is 15.4. The zero-order valence-electron chi connectivity index (χ0n) is 16.3. The van der Waals surface area contributed by atoms with Crippen LogP contribution in [-0.4, -0.2) is 7.11 Å². The highest BCUT2D eigenvalue weighted by Crippen LogP contribution is 2.38. The minimum atomic E-state index is 0. The van der Waals surface area contributed by atoms with Crippen molar-refractivity contribution < 1.29 is 4.74 Å². The number of nitrogens with one attached hydrogen (secondary N) is 1. The van der Waals surface area contributed by atoms with E-state index in [1.54, 1.807) is 7.11 Å². The lowest BCUT2D eigenvalue weighted by Crippen LogP contribution is -2.10. The maximum atomic E-state index is 5.25. The van der Waals surface area contributed by atoms with Crippen LogP contribution in [0.25, 0.3) is 0 Å². The molecule has 1 fully saturated rings. The largest absolute Gasteiger partial charge is 0.497 e. The maximum Gasteiger partial charge on any atom is 0.118 e. The Hall–Kier alpha value is -1.67. The highest BCUT2D eigenvalue weighted by atomic mass is 35.5. The lowest BCUT2D eigenvalue weighted by molar-refractivity contribution is 0.414. The Morgan fingerprint density at radius 3 is 2.31 bits per heavy atom. The minimum absolute atomic E-state index is 0. The molecule has 1 aliphatic carbocycles. The summed E-state index contributed by atoms with van der Waals surface area (Å²) in [4.78, 5) is 0. The maximum absolute atomic E-state index is 5.25. The van der Waals surface area contributed by atoms with Gasteiger partial charge in [-0.05, 0) is 59.6 Å². The van der Waals surface area contributed by atoms with E-state index in [9.17, 15) is 0 Å². The van der Waals surface area contributed by atoms with Crippen LogP contribution in [-0.2, 0) is 6.54 Å². The van der Waals surface area contributed by atoms with E-state index in [0.29, 0.717) is 11.8 Å². The Bertz CT molecular complexity index is 675. The van der Waals surface area contributed by atoms with Crippen molar-refractivity contribution in [3.63, 3.8) is 0 Å². The molecule has 1 N–H and O–H groups in total. The van der Waals surface area contributed by atoms with Gasteiger partial charge in [0.25, 0.3) is 0 Å². The molecule has 0 aromatic heterocycles. The van der Waals surface area contributed by atoms with Crippen molar-refractivity contribution in [2.75, 3.05) is 12.4 Å². The Balaban J connectivity index is 0.00000243. The Kier molecular flexibility index (Phi) is 7.84. The number of hydrogen-bond acceptors (Lipinski definition) is 2. The van der Waals surface area contributed by atoms with E-state index in [4.69, 9.17) is 4.74 Å². The number of ether oxygens (including phenoxy) is 1. The van der Waals surface area contributed by atoms with E-state index in [0.717, 1.165) is 12.3 Å². The van der Waals surface area contributed by atoms with Gasteiger partial charge in [-0.2, -0.15) is 0 Å². The fourth-order valence-corrected chi connectivity index (χ4v) is 3.79. The van der Waals surface area contributed by atoms with Crippen molar-refractivity contribution in [3.8, 4) is 5.75 Å². The van der Waals surface area contributed by atoms with Gasteiger partial charge in [0.2, 0.25) is 0 Å². The summed E-state index contributed by atoms with van der Waals surface area (Å²) in [5, 5.41) is 3.69. The molecule has 0 aliphatic heterocycles. The third-order valence-electron chi connectivity index (χ3n) is 5.43. The monoisotopic (exact) mass is 373 g/mol. The second-order valence-corrected chi connectivity index (χ2v) is 7.54. The van der Waals surface area contributed by atoms with Crippen LogP contribution in [0.4, 0.5) is 5.69 Å². The van der Waals surface area contributed by atoms with Crippen molar-refractivity contribution in [1.82, 2.24) is 0 Å². The smallest absolute Gasteiger partial charge is 0.118 e. The second kappa shape index (κ2) is 9.87. The van der Waals surface area contributed by atoms with Crippen LogP contribution in [0.1, 0.15) is 74.5 Å². The molecule has 1 aliphatic rings. The predicted octanol–water partition coefficient (Wildman–Crippen LogP) is 6.90. The zero-order chi connectivity index (χ0) is 17.6. The first-order valence-electron chi connectivity index (χ1n) is 9.68. The number of anilines is 1. The fraction of sp³-hybridized carbons (Fsp3) is 0.478. The first-order valence-corrected chi connectivity index (χ1v) is 9.68. The third-order valence-corrected chi connectivity index (χ3v) is 5.43. The highest BCUT2D eigenvalue weighted by Gasteiger charge is 2.19. The molecule has 26 heavy (non-hydrogen) atoms. The molecule has 0 atom stereocenters. The van der Waals surface area contributed by atoms with Gasteiger partial charge >= 0.3 is 0 Å². The van der Waals surface area contributed by atoms with Crippen LogP contribution in [0.2, 0.25) is 0 Å². The van der Waals surface area contributed by atoms with Crippen molar-refractivity contribution in [1.29, 1.82) is 0 Å². The first-order chi connectivity index (χ1) is 12.2. The normalized spacial score (nSPS) is 14.8. The molecule has 0 heterocycles. The van der Waals surface area contributed by atoms with Gasteiger partial charge in [-0.15, -0.1) is 12.4 Å². The molecule has 1 saturated carbocycles. The molecule has 2 aromatic rings. The number of methoxy groups -OCH3 is 1. The molecule has 0 bridgehead atoms. The Labute approximate surface area is 164 Å².